The largest absolute Gasteiger partial charge is 0.379 e. The number of hydrogen-bond donors (Lipinski definition) is 1. The van der Waals surface area contributed by atoms with Crippen LogP contribution in [-0.2, 0) is 26.1 Å². The summed E-state index contributed by atoms with van der Waals surface area (Å²) in [4.78, 5) is 14.5. The van der Waals surface area contributed by atoms with Crippen LogP contribution in [0, 0.1) is 13.8 Å². The van der Waals surface area contributed by atoms with Crippen LogP contribution >= 0.6 is 0 Å². The second-order valence-electron chi connectivity index (χ2n) is 7.51. The molecule has 7 nitrogen and oxygen atoms in total. The number of anilines is 1. The van der Waals surface area contributed by atoms with Crippen LogP contribution in [0.4, 0.5) is 5.69 Å². The summed E-state index contributed by atoms with van der Waals surface area (Å²) in [6.45, 7) is 6.26. The predicted octanol–water partition coefficient (Wildman–Crippen LogP) is 2.08. The second-order valence-corrected chi connectivity index (χ2v) is 9.45. The molecule has 0 unspecified atom stereocenters. The maximum absolute atomic E-state index is 12.7. The average Bonchev–Trinajstić information content (AvgIpc) is 2.75. The van der Waals surface area contributed by atoms with Crippen molar-refractivity contribution in [2.24, 2.45) is 0 Å². The zero-order valence-corrected chi connectivity index (χ0v) is 18.5. The van der Waals surface area contributed by atoms with Crippen molar-refractivity contribution < 1.29 is 17.9 Å². The average molecular weight is 432 g/mol. The summed E-state index contributed by atoms with van der Waals surface area (Å²) in [5.41, 5.74) is 4.22. The Balaban J connectivity index is 1.55. The molecule has 0 saturated carbocycles. The highest BCUT2D eigenvalue weighted by atomic mass is 32.2. The van der Waals surface area contributed by atoms with Gasteiger partial charge in [-0.25, -0.2) is 8.42 Å². The van der Waals surface area contributed by atoms with Gasteiger partial charge in [0.25, 0.3) is 0 Å². The van der Waals surface area contributed by atoms with Gasteiger partial charge in [-0.05, 0) is 48.7 Å². The van der Waals surface area contributed by atoms with Gasteiger partial charge in [-0.2, -0.15) is 4.31 Å². The summed E-state index contributed by atoms with van der Waals surface area (Å²) < 4.78 is 32.0. The Morgan fingerprint density at radius 3 is 2.43 bits per heavy atom. The van der Waals surface area contributed by atoms with Gasteiger partial charge in [-0.1, -0.05) is 24.3 Å². The van der Waals surface area contributed by atoms with E-state index in [0.29, 0.717) is 32.8 Å². The second kappa shape index (κ2) is 9.59. The first-order valence-corrected chi connectivity index (χ1v) is 11.4. The van der Waals surface area contributed by atoms with E-state index in [0.717, 1.165) is 16.8 Å². The molecule has 1 aliphatic rings. The van der Waals surface area contributed by atoms with Crippen molar-refractivity contribution in [1.82, 2.24) is 9.62 Å². The van der Waals surface area contributed by atoms with Crippen molar-refractivity contribution in [2.75, 3.05) is 44.8 Å². The number of hydrogen-bond acceptors (Lipinski definition) is 5. The molecule has 30 heavy (non-hydrogen) atoms. The number of sulfonamides is 1. The fourth-order valence-corrected chi connectivity index (χ4v) is 4.83. The van der Waals surface area contributed by atoms with Gasteiger partial charge in [0.05, 0.1) is 24.7 Å². The van der Waals surface area contributed by atoms with Gasteiger partial charge in [0.1, 0.15) is 0 Å². The lowest BCUT2D eigenvalue weighted by Gasteiger charge is -2.26. The highest BCUT2D eigenvalue weighted by Gasteiger charge is 2.26. The summed E-state index contributed by atoms with van der Waals surface area (Å²) in [6.07, 6.45) is 0. The monoisotopic (exact) mass is 431 g/mol. The van der Waals surface area contributed by atoms with Crippen molar-refractivity contribution in [1.29, 1.82) is 0 Å². The molecular weight excluding hydrogens is 402 g/mol. The maximum atomic E-state index is 12.7. The van der Waals surface area contributed by atoms with Crippen LogP contribution in [-0.4, -0.2) is 58.5 Å². The lowest BCUT2D eigenvalue weighted by Crippen LogP contribution is -2.40. The number of ether oxygens (including phenoxy) is 1. The molecule has 2 aromatic rings. The summed E-state index contributed by atoms with van der Waals surface area (Å²) in [7, 11) is -1.61. The third kappa shape index (κ3) is 5.19. The van der Waals surface area contributed by atoms with E-state index < -0.39 is 10.0 Å². The minimum Gasteiger partial charge on any atom is -0.379 e. The quantitative estimate of drug-likeness (QED) is 0.726. The zero-order valence-electron chi connectivity index (χ0n) is 17.7. The fraction of sp³-hybridized carbons (Fsp3) is 0.409. The van der Waals surface area contributed by atoms with E-state index in [-0.39, 0.29) is 17.3 Å². The van der Waals surface area contributed by atoms with Crippen LogP contribution in [0.1, 0.15) is 16.7 Å². The van der Waals surface area contributed by atoms with Gasteiger partial charge in [0, 0.05) is 32.4 Å². The summed E-state index contributed by atoms with van der Waals surface area (Å²) >= 11 is 0. The van der Waals surface area contributed by atoms with Gasteiger partial charge < -0.3 is 15.0 Å². The molecule has 0 bridgehead atoms. The highest BCUT2D eigenvalue weighted by Crippen LogP contribution is 2.21. The lowest BCUT2D eigenvalue weighted by molar-refractivity contribution is -0.119. The molecule has 0 aromatic heterocycles. The standard InChI is InChI=1S/C22H29N3O4S/c1-17-5-4-6-21(18(17)2)24(3)16-22(26)23-15-19-7-9-20(10-8-19)30(27,28)25-11-13-29-14-12-25/h4-10H,11-16H2,1-3H3,(H,23,26). The van der Waals surface area contributed by atoms with Gasteiger partial charge in [0.2, 0.25) is 15.9 Å². The molecule has 1 heterocycles. The minimum absolute atomic E-state index is 0.0941. The fourth-order valence-electron chi connectivity index (χ4n) is 3.42. The number of nitrogens with one attached hydrogen (secondary N) is 1. The van der Waals surface area contributed by atoms with Crippen LogP contribution < -0.4 is 10.2 Å². The molecule has 3 rings (SSSR count). The summed E-state index contributed by atoms with van der Waals surface area (Å²) in [5, 5.41) is 2.90. The van der Waals surface area contributed by atoms with Crippen LogP contribution in [0.25, 0.3) is 0 Å². The maximum Gasteiger partial charge on any atom is 0.243 e. The van der Waals surface area contributed by atoms with Crippen LogP contribution in [0.3, 0.4) is 0 Å². The van der Waals surface area contributed by atoms with Crippen LogP contribution in [0.2, 0.25) is 0 Å². The number of amides is 1. The molecule has 2 aromatic carbocycles. The Bertz CT molecular complexity index is 984. The first kappa shape index (κ1) is 22.3. The van der Waals surface area contributed by atoms with E-state index in [2.05, 4.69) is 18.3 Å². The molecule has 0 atom stereocenters. The van der Waals surface area contributed by atoms with Crippen molar-refractivity contribution in [3.8, 4) is 0 Å². The van der Waals surface area contributed by atoms with E-state index >= 15 is 0 Å². The molecule has 1 N–H and O–H groups in total. The highest BCUT2D eigenvalue weighted by molar-refractivity contribution is 7.89. The Labute approximate surface area is 178 Å². The molecule has 1 fully saturated rings. The Morgan fingerprint density at radius 1 is 1.10 bits per heavy atom. The van der Waals surface area contributed by atoms with E-state index in [9.17, 15) is 13.2 Å². The smallest absolute Gasteiger partial charge is 0.243 e. The number of carbonyl (C=O) groups is 1. The van der Waals surface area contributed by atoms with Gasteiger partial charge in [0.15, 0.2) is 0 Å². The van der Waals surface area contributed by atoms with Crippen molar-refractivity contribution in [3.05, 3.63) is 59.2 Å². The summed E-state index contributed by atoms with van der Waals surface area (Å²) in [6, 6.07) is 12.7. The van der Waals surface area contributed by atoms with E-state index in [4.69, 9.17) is 4.74 Å². The number of morpholine rings is 1. The van der Waals surface area contributed by atoms with Gasteiger partial charge >= 0.3 is 0 Å². The first-order chi connectivity index (χ1) is 14.3. The van der Waals surface area contributed by atoms with Crippen molar-refractivity contribution in [2.45, 2.75) is 25.3 Å². The predicted molar refractivity (Wildman–Crippen MR) is 117 cm³/mol. The Hall–Kier alpha value is -2.42. The molecule has 8 heteroatoms. The molecule has 162 valence electrons. The summed E-state index contributed by atoms with van der Waals surface area (Å²) in [5.74, 6) is -0.0941. The third-order valence-corrected chi connectivity index (χ3v) is 7.30. The molecule has 0 aliphatic carbocycles. The number of aryl methyl sites for hydroxylation is 1. The SMILES string of the molecule is Cc1cccc(N(C)CC(=O)NCc2ccc(S(=O)(=O)N3CCOCC3)cc2)c1C. The first-order valence-electron chi connectivity index (χ1n) is 10.00. The van der Waals surface area contributed by atoms with Crippen LogP contribution in [0.15, 0.2) is 47.4 Å². The molecule has 1 aliphatic heterocycles. The van der Waals surface area contributed by atoms with Crippen molar-refractivity contribution in [3.63, 3.8) is 0 Å². The topological polar surface area (TPSA) is 79.0 Å². The number of carbonyl (C=O) groups excluding carboxylic acids is 1. The Morgan fingerprint density at radius 2 is 1.77 bits per heavy atom. The van der Waals surface area contributed by atoms with Crippen molar-refractivity contribution >= 4 is 21.6 Å². The van der Waals surface area contributed by atoms with Gasteiger partial charge in [-0.15, -0.1) is 0 Å². The van der Waals surface area contributed by atoms with Gasteiger partial charge in [-0.3, -0.25) is 4.79 Å². The number of rotatable bonds is 7. The molecule has 1 amide bonds. The molecular formula is C22H29N3O4S. The number of nitrogens with zero attached hydrogens (tertiary/aromatic N) is 2. The number of benzene rings is 2. The molecule has 0 spiro atoms. The Kier molecular flexibility index (Phi) is 7.12. The molecule has 1 saturated heterocycles. The van der Waals surface area contributed by atoms with E-state index in [1.54, 1.807) is 24.3 Å². The normalized spacial score (nSPS) is 15.0. The molecule has 0 radical (unpaired) electrons. The number of likely N-dealkylation sites (N-methyl/N-ethyl adjacent to an activating group) is 1. The zero-order chi connectivity index (χ0) is 21.7. The van der Waals surface area contributed by atoms with Crippen LogP contribution in [0.5, 0.6) is 0 Å². The minimum atomic E-state index is -3.50. The third-order valence-electron chi connectivity index (χ3n) is 5.39. The van der Waals surface area contributed by atoms with E-state index in [1.807, 2.05) is 31.0 Å². The lowest BCUT2D eigenvalue weighted by atomic mass is 10.1. The van der Waals surface area contributed by atoms with E-state index in [1.165, 1.54) is 9.87 Å².